The lowest BCUT2D eigenvalue weighted by Crippen LogP contribution is -2.28. The highest BCUT2D eigenvalue weighted by molar-refractivity contribution is 5.91. The van der Waals surface area contributed by atoms with Crippen LogP contribution < -0.4 is 19.5 Å². The molecule has 28 heavy (non-hydrogen) atoms. The molecule has 0 radical (unpaired) electrons. The number of esters is 1. The molecule has 0 spiro atoms. The van der Waals surface area contributed by atoms with Crippen LogP contribution in [0.5, 0.6) is 17.2 Å². The number of carbonyl (C=O) groups excluding carboxylic acids is 2. The van der Waals surface area contributed by atoms with Gasteiger partial charge in [-0.25, -0.2) is 4.79 Å². The van der Waals surface area contributed by atoms with Crippen LogP contribution in [0.15, 0.2) is 42.5 Å². The van der Waals surface area contributed by atoms with Crippen molar-refractivity contribution in [3.63, 3.8) is 0 Å². The van der Waals surface area contributed by atoms with Gasteiger partial charge in [0.25, 0.3) is 5.91 Å². The van der Waals surface area contributed by atoms with E-state index >= 15 is 0 Å². The molecule has 1 heterocycles. The molecule has 0 bridgehead atoms. The SMILES string of the molecule is CC(C)COc1cccc(C(=O)OCC(=O)NCc2ccc3c(c2)OCO3)c1. The summed E-state index contributed by atoms with van der Waals surface area (Å²) >= 11 is 0. The number of rotatable bonds is 8. The van der Waals surface area contributed by atoms with E-state index in [1.54, 1.807) is 36.4 Å². The fraction of sp³-hybridized carbons (Fsp3) is 0.333. The molecule has 1 amide bonds. The minimum absolute atomic E-state index is 0.199. The Morgan fingerprint density at radius 3 is 2.75 bits per heavy atom. The first kappa shape index (κ1) is 19.5. The third kappa shape index (κ3) is 5.39. The molecule has 2 aromatic carbocycles. The molecule has 0 saturated carbocycles. The zero-order chi connectivity index (χ0) is 19.9. The highest BCUT2D eigenvalue weighted by atomic mass is 16.7. The van der Waals surface area contributed by atoms with Crippen molar-refractivity contribution >= 4 is 11.9 Å². The Morgan fingerprint density at radius 2 is 1.93 bits per heavy atom. The Balaban J connectivity index is 1.45. The van der Waals surface area contributed by atoms with Crippen molar-refractivity contribution in [1.82, 2.24) is 5.32 Å². The lowest BCUT2D eigenvalue weighted by molar-refractivity contribution is -0.124. The zero-order valence-corrected chi connectivity index (χ0v) is 15.9. The summed E-state index contributed by atoms with van der Waals surface area (Å²) in [5.74, 6) is 1.34. The molecule has 0 aliphatic carbocycles. The molecule has 148 valence electrons. The minimum atomic E-state index is -0.576. The van der Waals surface area contributed by atoms with Crippen molar-refractivity contribution in [3.8, 4) is 17.2 Å². The van der Waals surface area contributed by atoms with Gasteiger partial charge in [0.1, 0.15) is 5.75 Å². The van der Waals surface area contributed by atoms with Crippen molar-refractivity contribution in [3.05, 3.63) is 53.6 Å². The summed E-state index contributed by atoms with van der Waals surface area (Å²) in [6.07, 6.45) is 0. The van der Waals surface area contributed by atoms with Gasteiger partial charge in [-0.2, -0.15) is 0 Å². The highest BCUT2D eigenvalue weighted by Gasteiger charge is 2.14. The van der Waals surface area contributed by atoms with Crippen LogP contribution in [-0.2, 0) is 16.1 Å². The largest absolute Gasteiger partial charge is 0.493 e. The van der Waals surface area contributed by atoms with E-state index in [-0.39, 0.29) is 13.4 Å². The summed E-state index contributed by atoms with van der Waals surface area (Å²) in [6, 6.07) is 12.1. The summed E-state index contributed by atoms with van der Waals surface area (Å²) in [4.78, 5) is 24.1. The first-order chi connectivity index (χ1) is 13.5. The summed E-state index contributed by atoms with van der Waals surface area (Å²) < 4.78 is 21.2. The van der Waals surface area contributed by atoms with Crippen LogP contribution in [0.25, 0.3) is 0 Å². The van der Waals surface area contributed by atoms with E-state index in [2.05, 4.69) is 5.32 Å². The van der Waals surface area contributed by atoms with Crippen LogP contribution in [0.4, 0.5) is 0 Å². The van der Waals surface area contributed by atoms with Crippen LogP contribution in [0, 0.1) is 5.92 Å². The average Bonchev–Trinajstić information content (AvgIpc) is 3.17. The molecular formula is C21H23NO6. The summed E-state index contributed by atoms with van der Waals surface area (Å²) in [6.45, 7) is 4.78. The summed E-state index contributed by atoms with van der Waals surface area (Å²) in [5.41, 5.74) is 1.20. The van der Waals surface area contributed by atoms with Crippen molar-refractivity contribution in [2.24, 2.45) is 5.92 Å². The van der Waals surface area contributed by atoms with Gasteiger partial charge < -0.3 is 24.3 Å². The van der Waals surface area contributed by atoms with E-state index in [0.717, 1.165) is 5.56 Å². The third-order valence-corrected chi connectivity index (χ3v) is 3.91. The fourth-order valence-electron chi connectivity index (χ4n) is 2.49. The Morgan fingerprint density at radius 1 is 1.11 bits per heavy atom. The van der Waals surface area contributed by atoms with Crippen LogP contribution in [0.1, 0.15) is 29.8 Å². The van der Waals surface area contributed by atoms with E-state index in [0.29, 0.717) is 41.9 Å². The molecule has 2 aromatic rings. The average molecular weight is 385 g/mol. The molecule has 0 atom stereocenters. The summed E-state index contributed by atoms with van der Waals surface area (Å²) in [7, 11) is 0. The maximum atomic E-state index is 12.2. The van der Waals surface area contributed by atoms with Gasteiger partial charge >= 0.3 is 5.97 Å². The second-order valence-corrected chi connectivity index (χ2v) is 6.77. The molecule has 1 N–H and O–H groups in total. The van der Waals surface area contributed by atoms with Gasteiger partial charge in [0, 0.05) is 6.54 Å². The second kappa shape index (κ2) is 9.12. The summed E-state index contributed by atoms with van der Waals surface area (Å²) in [5, 5.41) is 2.70. The standard InChI is InChI=1S/C21H23NO6/c1-14(2)11-25-17-5-3-4-16(9-17)21(24)26-12-20(23)22-10-15-6-7-18-19(8-15)28-13-27-18/h3-9,14H,10-13H2,1-2H3,(H,22,23). The lowest BCUT2D eigenvalue weighted by Gasteiger charge is -2.10. The normalized spacial score (nSPS) is 12.0. The maximum absolute atomic E-state index is 12.2. The Kier molecular flexibility index (Phi) is 6.37. The van der Waals surface area contributed by atoms with E-state index in [1.807, 2.05) is 19.9 Å². The van der Waals surface area contributed by atoms with Crippen molar-refractivity contribution < 1.29 is 28.5 Å². The Labute approximate surface area is 163 Å². The number of nitrogens with one attached hydrogen (secondary N) is 1. The Bertz CT molecular complexity index is 849. The van der Waals surface area contributed by atoms with Crippen LogP contribution >= 0.6 is 0 Å². The molecule has 7 heteroatoms. The Hall–Kier alpha value is -3.22. The molecule has 0 unspecified atom stereocenters. The smallest absolute Gasteiger partial charge is 0.338 e. The van der Waals surface area contributed by atoms with E-state index in [4.69, 9.17) is 18.9 Å². The third-order valence-electron chi connectivity index (χ3n) is 3.91. The molecule has 1 aliphatic rings. The van der Waals surface area contributed by atoms with E-state index in [9.17, 15) is 9.59 Å². The number of carbonyl (C=O) groups is 2. The predicted molar refractivity (Wildman–Crippen MR) is 101 cm³/mol. The first-order valence-corrected chi connectivity index (χ1v) is 9.06. The van der Waals surface area contributed by atoms with Gasteiger partial charge in [0.05, 0.1) is 12.2 Å². The van der Waals surface area contributed by atoms with Crippen molar-refractivity contribution in [2.45, 2.75) is 20.4 Å². The monoisotopic (exact) mass is 385 g/mol. The number of hydrogen-bond donors (Lipinski definition) is 1. The van der Waals surface area contributed by atoms with Gasteiger partial charge in [0.2, 0.25) is 6.79 Å². The molecule has 3 rings (SSSR count). The molecule has 0 saturated heterocycles. The van der Waals surface area contributed by atoms with Crippen molar-refractivity contribution in [2.75, 3.05) is 20.0 Å². The highest BCUT2D eigenvalue weighted by Crippen LogP contribution is 2.32. The number of hydrogen-bond acceptors (Lipinski definition) is 6. The fourth-order valence-corrected chi connectivity index (χ4v) is 2.49. The molecule has 0 aromatic heterocycles. The number of ether oxygens (including phenoxy) is 4. The van der Waals surface area contributed by atoms with Crippen molar-refractivity contribution in [1.29, 1.82) is 0 Å². The van der Waals surface area contributed by atoms with Gasteiger partial charge in [0.15, 0.2) is 18.1 Å². The number of amides is 1. The van der Waals surface area contributed by atoms with Gasteiger partial charge in [-0.3, -0.25) is 4.79 Å². The predicted octanol–water partition coefficient (Wildman–Crippen LogP) is 2.92. The van der Waals surface area contributed by atoms with Gasteiger partial charge in [-0.1, -0.05) is 26.0 Å². The first-order valence-electron chi connectivity index (χ1n) is 9.06. The van der Waals surface area contributed by atoms with Crippen LogP contribution in [0.3, 0.4) is 0 Å². The quantitative estimate of drug-likeness (QED) is 0.704. The van der Waals surface area contributed by atoms with Crippen LogP contribution in [-0.4, -0.2) is 31.9 Å². The van der Waals surface area contributed by atoms with E-state index in [1.165, 1.54) is 0 Å². The molecular weight excluding hydrogens is 362 g/mol. The lowest BCUT2D eigenvalue weighted by atomic mass is 10.2. The number of fused-ring (bicyclic) bond motifs is 1. The maximum Gasteiger partial charge on any atom is 0.338 e. The number of benzene rings is 2. The zero-order valence-electron chi connectivity index (χ0n) is 15.9. The second-order valence-electron chi connectivity index (χ2n) is 6.77. The topological polar surface area (TPSA) is 83.1 Å². The van der Waals surface area contributed by atoms with E-state index < -0.39 is 11.9 Å². The molecule has 0 fully saturated rings. The minimum Gasteiger partial charge on any atom is -0.493 e. The molecule has 7 nitrogen and oxygen atoms in total. The van der Waals surface area contributed by atoms with Gasteiger partial charge in [-0.15, -0.1) is 0 Å². The molecule has 1 aliphatic heterocycles. The van der Waals surface area contributed by atoms with Gasteiger partial charge in [-0.05, 0) is 41.8 Å². The van der Waals surface area contributed by atoms with Crippen LogP contribution in [0.2, 0.25) is 0 Å².